The third kappa shape index (κ3) is 2.70. The van der Waals surface area contributed by atoms with Crippen LogP contribution >= 0.6 is 11.8 Å². The normalized spacial score (nSPS) is 25.8. The lowest BCUT2D eigenvalue weighted by molar-refractivity contribution is -0.134. The molecule has 98 valence electrons. The van der Waals surface area contributed by atoms with Gasteiger partial charge in [-0.15, -0.1) is 0 Å². The van der Waals surface area contributed by atoms with Gasteiger partial charge in [0.1, 0.15) is 6.04 Å². The molecule has 1 saturated heterocycles. The Labute approximate surface area is 113 Å². The number of hydrogen-bond donors (Lipinski definition) is 1. The van der Waals surface area contributed by atoms with Gasteiger partial charge in [0.2, 0.25) is 5.91 Å². The molecule has 1 fully saturated rings. The van der Waals surface area contributed by atoms with Crippen LogP contribution in [0.2, 0.25) is 0 Å². The third-order valence-corrected chi connectivity index (χ3v) is 4.93. The first-order chi connectivity index (χ1) is 8.61. The van der Waals surface area contributed by atoms with Crippen LogP contribution in [-0.2, 0) is 4.79 Å². The molecule has 0 aliphatic carbocycles. The zero-order valence-corrected chi connectivity index (χ0v) is 11.7. The molecule has 0 radical (unpaired) electrons. The Hall–Kier alpha value is -1.00. The van der Waals surface area contributed by atoms with Gasteiger partial charge in [-0.05, 0) is 12.5 Å². The van der Waals surface area contributed by atoms with Gasteiger partial charge in [0, 0.05) is 23.6 Å². The topological polar surface area (TPSA) is 46.3 Å². The second-order valence-corrected chi connectivity index (χ2v) is 6.22. The number of thioether (sulfide) groups is 1. The monoisotopic (exact) mass is 264 g/mol. The molecule has 1 aliphatic rings. The Morgan fingerprint density at radius 3 is 2.72 bits per heavy atom. The number of nitrogens with zero attached hydrogens (tertiary/aromatic N) is 1. The lowest BCUT2D eigenvalue weighted by Crippen LogP contribution is -2.50. The molecule has 2 N–H and O–H groups in total. The summed E-state index contributed by atoms with van der Waals surface area (Å²) in [6.07, 6.45) is 0. The molecule has 3 unspecified atom stereocenters. The second kappa shape index (κ2) is 5.76. The summed E-state index contributed by atoms with van der Waals surface area (Å²) in [5.41, 5.74) is 6.97. The van der Waals surface area contributed by atoms with E-state index in [1.54, 1.807) is 0 Å². The summed E-state index contributed by atoms with van der Waals surface area (Å²) in [7, 11) is 0. The first-order valence-corrected chi connectivity index (χ1v) is 7.38. The van der Waals surface area contributed by atoms with Crippen LogP contribution in [0, 0.1) is 0 Å². The molecule has 3 atom stereocenters. The number of hydrogen-bond acceptors (Lipinski definition) is 3. The Morgan fingerprint density at radius 2 is 2.06 bits per heavy atom. The second-order valence-electron chi connectivity index (χ2n) is 4.74. The number of amides is 1. The summed E-state index contributed by atoms with van der Waals surface area (Å²) in [5.74, 6) is 1.04. The molecule has 1 heterocycles. The average Bonchev–Trinajstić information content (AvgIpc) is 2.41. The summed E-state index contributed by atoms with van der Waals surface area (Å²) in [6, 6.07) is 9.31. The van der Waals surface area contributed by atoms with Gasteiger partial charge in [-0.1, -0.05) is 37.3 Å². The van der Waals surface area contributed by atoms with Crippen molar-refractivity contribution in [2.75, 3.05) is 12.3 Å². The summed E-state index contributed by atoms with van der Waals surface area (Å²) < 4.78 is 0. The van der Waals surface area contributed by atoms with Crippen LogP contribution in [0.25, 0.3) is 0 Å². The van der Waals surface area contributed by atoms with E-state index in [1.165, 1.54) is 0 Å². The maximum absolute atomic E-state index is 12.4. The van der Waals surface area contributed by atoms with Gasteiger partial charge < -0.3 is 10.6 Å². The van der Waals surface area contributed by atoms with Crippen molar-refractivity contribution < 1.29 is 4.79 Å². The average molecular weight is 264 g/mol. The van der Waals surface area contributed by atoms with Crippen LogP contribution in [0.3, 0.4) is 0 Å². The molecule has 1 aromatic rings. The summed E-state index contributed by atoms with van der Waals surface area (Å²) in [6.45, 7) is 5.07. The van der Waals surface area contributed by atoms with Crippen molar-refractivity contribution in [2.24, 2.45) is 5.73 Å². The lowest BCUT2D eigenvalue weighted by atomic mass is 10.1. The molecular formula is C14H20N2OS. The number of rotatable bonds is 2. The predicted octanol–water partition coefficient (Wildman–Crippen LogP) is 2.04. The van der Waals surface area contributed by atoms with Gasteiger partial charge in [-0.3, -0.25) is 4.79 Å². The highest BCUT2D eigenvalue weighted by Gasteiger charge is 2.31. The van der Waals surface area contributed by atoms with E-state index >= 15 is 0 Å². The molecule has 3 nitrogen and oxygen atoms in total. The van der Waals surface area contributed by atoms with Crippen LogP contribution in [0.5, 0.6) is 0 Å². The fourth-order valence-electron chi connectivity index (χ4n) is 2.23. The van der Waals surface area contributed by atoms with E-state index in [0.29, 0.717) is 5.25 Å². The van der Waals surface area contributed by atoms with E-state index in [0.717, 1.165) is 17.9 Å². The molecule has 1 amide bonds. The quantitative estimate of drug-likeness (QED) is 0.889. The Kier molecular flexibility index (Phi) is 4.30. The van der Waals surface area contributed by atoms with Crippen molar-refractivity contribution in [1.29, 1.82) is 0 Å². The van der Waals surface area contributed by atoms with E-state index in [1.807, 2.05) is 47.0 Å². The van der Waals surface area contributed by atoms with Gasteiger partial charge in [-0.25, -0.2) is 0 Å². The maximum atomic E-state index is 12.4. The minimum absolute atomic E-state index is 0.0425. The van der Waals surface area contributed by atoms with Gasteiger partial charge in [0.05, 0.1) is 0 Å². The summed E-state index contributed by atoms with van der Waals surface area (Å²) >= 11 is 1.92. The third-order valence-electron chi connectivity index (χ3n) is 3.59. The number of carbonyl (C=O) groups excluding carboxylic acids is 1. The largest absolute Gasteiger partial charge is 0.336 e. The van der Waals surface area contributed by atoms with Gasteiger partial charge in [0.15, 0.2) is 0 Å². The maximum Gasteiger partial charge on any atom is 0.244 e. The summed E-state index contributed by atoms with van der Waals surface area (Å²) in [5, 5.41) is 0.477. The number of nitrogens with two attached hydrogens (primary N) is 1. The van der Waals surface area contributed by atoms with E-state index < -0.39 is 6.04 Å². The van der Waals surface area contributed by atoms with E-state index in [-0.39, 0.29) is 11.9 Å². The summed E-state index contributed by atoms with van der Waals surface area (Å²) in [4.78, 5) is 14.4. The van der Waals surface area contributed by atoms with E-state index in [9.17, 15) is 4.79 Å². The van der Waals surface area contributed by atoms with Crippen LogP contribution < -0.4 is 5.73 Å². The predicted molar refractivity (Wildman–Crippen MR) is 76.5 cm³/mol. The molecule has 0 spiro atoms. The minimum Gasteiger partial charge on any atom is -0.336 e. The highest BCUT2D eigenvalue weighted by Crippen LogP contribution is 2.26. The van der Waals surface area contributed by atoms with Crippen LogP contribution in [0.4, 0.5) is 0 Å². The smallest absolute Gasteiger partial charge is 0.244 e. The van der Waals surface area contributed by atoms with Crippen molar-refractivity contribution in [2.45, 2.75) is 31.2 Å². The highest BCUT2D eigenvalue weighted by atomic mass is 32.2. The van der Waals surface area contributed by atoms with Crippen molar-refractivity contribution in [3.05, 3.63) is 35.9 Å². The fraction of sp³-hybridized carbons (Fsp3) is 0.500. The minimum atomic E-state index is -0.538. The van der Waals surface area contributed by atoms with Crippen molar-refractivity contribution in [3.8, 4) is 0 Å². The molecule has 18 heavy (non-hydrogen) atoms. The molecule has 0 aromatic heterocycles. The number of benzene rings is 1. The van der Waals surface area contributed by atoms with Crippen molar-refractivity contribution in [3.63, 3.8) is 0 Å². The Balaban J connectivity index is 2.11. The standard InChI is InChI=1S/C14H20N2OS/c1-10-11(2)18-9-8-16(10)14(17)13(15)12-6-4-3-5-7-12/h3-7,10-11,13H,8-9,15H2,1-2H3. The van der Waals surface area contributed by atoms with Crippen LogP contribution in [0.1, 0.15) is 25.5 Å². The molecule has 0 bridgehead atoms. The van der Waals surface area contributed by atoms with Crippen LogP contribution in [-0.4, -0.2) is 34.4 Å². The molecule has 1 aromatic carbocycles. The lowest BCUT2D eigenvalue weighted by Gasteiger charge is -2.38. The van der Waals surface area contributed by atoms with E-state index in [4.69, 9.17) is 5.73 Å². The van der Waals surface area contributed by atoms with Gasteiger partial charge >= 0.3 is 0 Å². The SMILES string of the molecule is CC1SCCN(C(=O)C(N)c2ccccc2)C1C. The van der Waals surface area contributed by atoms with E-state index in [2.05, 4.69) is 13.8 Å². The first kappa shape index (κ1) is 13.4. The fourth-order valence-corrected chi connectivity index (χ4v) is 3.33. The zero-order chi connectivity index (χ0) is 13.1. The van der Waals surface area contributed by atoms with Crippen molar-refractivity contribution in [1.82, 2.24) is 4.90 Å². The molecular weight excluding hydrogens is 244 g/mol. The molecule has 0 saturated carbocycles. The zero-order valence-electron chi connectivity index (χ0n) is 10.9. The Morgan fingerprint density at radius 1 is 1.39 bits per heavy atom. The van der Waals surface area contributed by atoms with Crippen LogP contribution in [0.15, 0.2) is 30.3 Å². The number of carbonyl (C=O) groups is 1. The highest BCUT2D eigenvalue weighted by molar-refractivity contribution is 8.00. The molecule has 1 aliphatic heterocycles. The van der Waals surface area contributed by atoms with Crippen molar-refractivity contribution >= 4 is 17.7 Å². The molecule has 4 heteroatoms. The van der Waals surface area contributed by atoms with Gasteiger partial charge in [0.25, 0.3) is 0 Å². The van der Waals surface area contributed by atoms with Gasteiger partial charge in [-0.2, -0.15) is 11.8 Å². The first-order valence-electron chi connectivity index (χ1n) is 6.34. The molecule has 2 rings (SSSR count). The Bertz CT molecular complexity index is 410.